The summed E-state index contributed by atoms with van der Waals surface area (Å²) in [7, 11) is 0. The van der Waals surface area contributed by atoms with Crippen molar-refractivity contribution in [3.05, 3.63) is 47.5 Å². The Morgan fingerprint density at radius 3 is 2.50 bits per heavy atom. The largest absolute Gasteiger partial charge is 0.389 e. The third-order valence-electron chi connectivity index (χ3n) is 2.90. The molecule has 2 rings (SSSR count). The zero-order valence-corrected chi connectivity index (χ0v) is 9.81. The van der Waals surface area contributed by atoms with Crippen molar-refractivity contribution in [2.75, 3.05) is 0 Å². The highest BCUT2D eigenvalue weighted by atomic mass is 16.3. The molecular weight excluding hydrogens is 200 g/mol. The van der Waals surface area contributed by atoms with E-state index in [4.69, 9.17) is 0 Å². The molecule has 0 radical (unpaired) electrons. The van der Waals surface area contributed by atoms with E-state index in [2.05, 4.69) is 4.98 Å². The predicted octanol–water partition coefficient (Wildman–Crippen LogP) is 2.54. The Labute approximate surface area is 95.4 Å². The first-order chi connectivity index (χ1) is 7.61. The monoisotopic (exact) mass is 216 g/mol. The van der Waals surface area contributed by atoms with Gasteiger partial charge in [-0.2, -0.15) is 0 Å². The number of nitrogens with zero attached hydrogens (tertiary/aromatic N) is 2. The van der Waals surface area contributed by atoms with Crippen LogP contribution in [0.1, 0.15) is 30.0 Å². The SMILES string of the molecule is Cc1ncn(-c2ccccc2C(C)O)c1C. The lowest BCUT2D eigenvalue weighted by molar-refractivity contribution is 0.199. The van der Waals surface area contributed by atoms with Crippen molar-refractivity contribution in [2.24, 2.45) is 0 Å². The molecule has 0 aliphatic carbocycles. The Morgan fingerprint density at radius 2 is 1.94 bits per heavy atom. The summed E-state index contributed by atoms with van der Waals surface area (Å²) in [5.41, 5.74) is 4.03. The van der Waals surface area contributed by atoms with Gasteiger partial charge >= 0.3 is 0 Å². The standard InChI is InChI=1S/C13H16N2O/c1-9-10(2)15(8-14-9)13-7-5-4-6-12(13)11(3)16/h4-8,11,16H,1-3H3. The van der Waals surface area contributed by atoms with E-state index in [9.17, 15) is 5.11 Å². The van der Waals surface area contributed by atoms with Gasteiger partial charge in [-0.1, -0.05) is 18.2 Å². The third-order valence-corrected chi connectivity index (χ3v) is 2.90. The van der Waals surface area contributed by atoms with Crippen LogP contribution in [0.15, 0.2) is 30.6 Å². The number of rotatable bonds is 2. The molecule has 1 aromatic carbocycles. The van der Waals surface area contributed by atoms with E-state index in [-0.39, 0.29) is 0 Å². The minimum absolute atomic E-state index is 0.474. The van der Waals surface area contributed by atoms with Crippen LogP contribution in [0.2, 0.25) is 0 Å². The smallest absolute Gasteiger partial charge is 0.0997 e. The summed E-state index contributed by atoms with van der Waals surface area (Å²) in [5.74, 6) is 0. The molecule has 2 aromatic rings. The van der Waals surface area contributed by atoms with Crippen LogP contribution in [0.25, 0.3) is 5.69 Å². The van der Waals surface area contributed by atoms with Crippen LogP contribution < -0.4 is 0 Å². The lowest BCUT2D eigenvalue weighted by atomic mass is 10.1. The van der Waals surface area contributed by atoms with Gasteiger partial charge in [-0.05, 0) is 26.8 Å². The molecule has 0 amide bonds. The van der Waals surface area contributed by atoms with Crippen LogP contribution in [0.3, 0.4) is 0 Å². The average Bonchev–Trinajstić information content (AvgIpc) is 2.60. The molecule has 1 heterocycles. The van der Waals surface area contributed by atoms with Crippen molar-refractivity contribution in [3.63, 3.8) is 0 Å². The Balaban J connectivity index is 2.60. The molecule has 0 saturated carbocycles. The normalized spacial score (nSPS) is 12.8. The van der Waals surface area contributed by atoms with E-state index in [1.165, 1.54) is 0 Å². The molecule has 0 bridgehead atoms. The first-order valence-electron chi connectivity index (χ1n) is 5.39. The second-order valence-electron chi connectivity index (χ2n) is 4.02. The number of hydrogen-bond donors (Lipinski definition) is 1. The van der Waals surface area contributed by atoms with Crippen LogP contribution in [0, 0.1) is 13.8 Å². The van der Waals surface area contributed by atoms with E-state index in [1.54, 1.807) is 13.3 Å². The highest BCUT2D eigenvalue weighted by Crippen LogP contribution is 2.23. The molecule has 0 saturated heterocycles. The highest BCUT2D eigenvalue weighted by Gasteiger charge is 2.11. The maximum atomic E-state index is 9.73. The van der Waals surface area contributed by atoms with E-state index in [0.717, 1.165) is 22.6 Å². The van der Waals surface area contributed by atoms with Crippen LogP contribution >= 0.6 is 0 Å². The van der Waals surface area contributed by atoms with Gasteiger partial charge in [0.1, 0.15) is 0 Å². The van der Waals surface area contributed by atoms with Gasteiger partial charge in [-0.25, -0.2) is 4.98 Å². The van der Waals surface area contributed by atoms with Crippen LogP contribution in [0.4, 0.5) is 0 Å². The molecule has 1 unspecified atom stereocenters. The lowest BCUT2D eigenvalue weighted by Gasteiger charge is -2.13. The number of aromatic nitrogens is 2. The molecule has 1 aromatic heterocycles. The molecule has 1 atom stereocenters. The molecule has 0 aliphatic heterocycles. The second kappa shape index (κ2) is 4.10. The minimum Gasteiger partial charge on any atom is -0.389 e. The molecule has 3 heteroatoms. The Morgan fingerprint density at radius 1 is 1.25 bits per heavy atom. The van der Waals surface area contributed by atoms with Gasteiger partial charge in [0.2, 0.25) is 0 Å². The summed E-state index contributed by atoms with van der Waals surface area (Å²) in [6, 6.07) is 7.84. The minimum atomic E-state index is -0.474. The fraction of sp³-hybridized carbons (Fsp3) is 0.308. The van der Waals surface area contributed by atoms with E-state index in [0.29, 0.717) is 0 Å². The molecule has 1 N–H and O–H groups in total. The number of benzene rings is 1. The molecule has 3 nitrogen and oxygen atoms in total. The summed E-state index contributed by atoms with van der Waals surface area (Å²) >= 11 is 0. The average molecular weight is 216 g/mol. The van der Waals surface area contributed by atoms with Crippen molar-refractivity contribution < 1.29 is 5.11 Å². The number of aliphatic hydroxyl groups excluding tert-OH is 1. The van der Waals surface area contributed by atoms with Gasteiger partial charge in [0.15, 0.2) is 0 Å². The van der Waals surface area contributed by atoms with Gasteiger partial charge in [-0.15, -0.1) is 0 Å². The Bertz CT molecular complexity index is 500. The molecule has 0 spiro atoms. The van der Waals surface area contributed by atoms with Crippen molar-refractivity contribution in [2.45, 2.75) is 26.9 Å². The molecule has 0 aliphatic rings. The Kier molecular flexibility index (Phi) is 2.79. The molecular formula is C13H16N2O. The summed E-state index contributed by atoms with van der Waals surface area (Å²) < 4.78 is 2.01. The van der Waals surface area contributed by atoms with Gasteiger partial charge in [-0.3, -0.25) is 0 Å². The van der Waals surface area contributed by atoms with Gasteiger partial charge in [0, 0.05) is 11.3 Å². The van der Waals surface area contributed by atoms with E-state index in [1.807, 2.05) is 42.7 Å². The zero-order chi connectivity index (χ0) is 11.7. The van der Waals surface area contributed by atoms with Crippen molar-refractivity contribution in [3.8, 4) is 5.69 Å². The predicted molar refractivity (Wildman–Crippen MR) is 63.7 cm³/mol. The molecule has 84 valence electrons. The summed E-state index contributed by atoms with van der Waals surface area (Å²) in [6.07, 6.45) is 1.32. The zero-order valence-electron chi connectivity index (χ0n) is 9.81. The van der Waals surface area contributed by atoms with E-state index >= 15 is 0 Å². The number of aryl methyl sites for hydroxylation is 1. The van der Waals surface area contributed by atoms with Crippen LogP contribution in [0.5, 0.6) is 0 Å². The summed E-state index contributed by atoms with van der Waals surface area (Å²) in [6.45, 7) is 5.79. The highest BCUT2D eigenvalue weighted by molar-refractivity contribution is 5.44. The molecule has 0 fully saturated rings. The number of para-hydroxylation sites is 1. The topological polar surface area (TPSA) is 38.0 Å². The van der Waals surface area contributed by atoms with Crippen LogP contribution in [-0.4, -0.2) is 14.7 Å². The van der Waals surface area contributed by atoms with Crippen molar-refractivity contribution in [1.29, 1.82) is 0 Å². The summed E-state index contributed by atoms with van der Waals surface area (Å²) in [5, 5.41) is 9.73. The van der Waals surface area contributed by atoms with E-state index < -0.39 is 6.10 Å². The number of hydrogen-bond acceptors (Lipinski definition) is 2. The van der Waals surface area contributed by atoms with Crippen molar-refractivity contribution in [1.82, 2.24) is 9.55 Å². The maximum Gasteiger partial charge on any atom is 0.0997 e. The van der Waals surface area contributed by atoms with Gasteiger partial charge in [0.25, 0.3) is 0 Å². The first-order valence-corrected chi connectivity index (χ1v) is 5.39. The fourth-order valence-electron chi connectivity index (χ4n) is 1.80. The quantitative estimate of drug-likeness (QED) is 0.837. The maximum absolute atomic E-state index is 9.73. The third kappa shape index (κ3) is 1.74. The second-order valence-corrected chi connectivity index (χ2v) is 4.02. The van der Waals surface area contributed by atoms with Gasteiger partial charge < -0.3 is 9.67 Å². The van der Waals surface area contributed by atoms with Crippen molar-refractivity contribution >= 4 is 0 Å². The molecule has 16 heavy (non-hydrogen) atoms. The lowest BCUT2D eigenvalue weighted by Crippen LogP contribution is -2.03. The fourth-order valence-corrected chi connectivity index (χ4v) is 1.80. The summed E-state index contributed by atoms with van der Waals surface area (Å²) in [4.78, 5) is 4.27. The van der Waals surface area contributed by atoms with Crippen LogP contribution in [-0.2, 0) is 0 Å². The first kappa shape index (κ1) is 10.9. The number of imidazole rings is 1. The van der Waals surface area contributed by atoms with Gasteiger partial charge in [0.05, 0.1) is 23.8 Å². The Hall–Kier alpha value is -1.61. The number of aliphatic hydroxyl groups is 1.